The first-order valence-electron chi connectivity index (χ1n) is 7.43. The second-order valence-electron chi connectivity index (χ2n) is 5.26. The van der Waals surface area contributed by atoms with E-state index in [-0.39, 0.29) is 11.8 Å². The zero-order valence-corrected chi connectivity index (χ0v) is 12.3. The first-order valence-corrected chi connectivity index (χ1v) is 7.43. The van der Waals surface area contributed by atoms with Gasteiger partial charge in [0.15, 0.2) is 0 Å². The number of amides is 1. The Hall–Kier alpha value is -1.55. The van der Waals surface area contributed by atoms with Crippen molar-refractivity contribution in [1.82, 2.24) is 5.32 Å². The fraction of sp³-hybridized carbons (Fsp3) is 0.562. The third-order valence-corrected chi connectivity index (χ3v) is 3.61. The summed E-state index contributed by atoms with van der Waals surface area (Å²) in [5.74, 6) is 0.0804. The zero-order chi connectivity index (χ0) is 14.4. The van der Waals surface area contributed by atoms with Crippen LogP contribution in [0.3, 0.4) is 0 Å². The van der Waals surface area contributed by atoms with Crippen molar-refractivity contribution in [3.05, 3.63) is 29.8 Å². The van der Waals surface area contributed by atoms with Gasteiger partial charge >= 0.3 is 0 Å². The van der Waals surface area contributed by atoms with Crippen LogP contribution in [0.5, 0.6) is 0 Å². The highest BCUT2D eigenvalue weighted by Crippen LogP contribution is 2.33. The van der Waals surface area contributed by atoms with Crippen molar-refractivity contribution in [3.63, 3.8) is 0 Å². The Kier molecular flexibility index (Phi) is 5.41. The summed E-state index contributed by atoms with van der Waals surface area (Å²) >= 11 is 0. The van der Waals surface area contributed by atoms with Crippen molar-refractivity contribution in [3.8, 4) is 0 Å². The van der Waals surface area contributed by atoms with Crippen molar-refractivity contribution >= 4 is 11.6 Å². The maximum absolute atomic E-state index is 12.4. The van der Waals surface area contributed by atoms with Gasteiger partial charge in [-0.15, -0.1) is 0 Å². The van der Waals surface area contributed by atoms with E-state index in [1.807, 2.05) is 31.2 Å². The van der Waals surface area contributed by atoms with Gasteiger partial charge in [-0.2, -0.15) is 0 Å². The van der Waals surface area contributed by atoms with E-state index in [1.54, 1.807) is 0 Å². The molecule has 110 valence electrons. The minimum absolute atomic E-state index is 0.0467. The molecule has 1 aromatic carbocycles. The molecule has 0 saturated heterocycles. The topological polar surface area (TPSA) is 50.4 Å². The van der Waals surface area contributed by atoms with E-state index in [4.69, 9.17) is 4.74 Å². The van der Waals surface area contributed by atoms with E-state index in [9.17, 15) is 4.79 Å². The van der Waals surface area contributed by atoms with Crippen molar-refractivity contribution in [2.45, 2.75) is 38.6 Å². The van der Waals surface area contributed by atoms with Crippen LogP contribution in [0.2, 0.25) is 0 Å². The fourth-order valence-corrected chi connectivity index (χ4v) is 2.64. The van der Waals surface area contributed by atoms with E-state index in [2.05, 4.69) is 17.6 Å². The van der Waals surface area contributed by atoms with Gasteiger partial charge in [-0.05, 0) is 38.3 Å². The Bertz CT molecular complexity index is 448. The Morgan fingerprint density at radius 1 is 1.45 bits per heavy atom. The number of rotatable bonds is 6. The van der Waals surface area contributed by atoms with Crippen molar-refractivity contribution in [1.29, 1.82) is 0 Å². The molecule has 0 spiro atoms. The summed E-state index contributed by atoms with van der Waals surface area (Å²) in [4.78, 5) is 12.4. The summed E-state index contributed by atoms with van der Waals surface area (Å²) in [7, 11) is 0. The summed E-state index contributed by atoms with van der Waals surface area (Å²) in [6.45, 7) is 6.21. The van der Waals surface area contributed by atoms with Crippen LogP contribution in [0.25, 0.3) is 0 Å². The SMILES string of the molecule is CCOCCCNC(=O)C1CC(C)Nc2ccccc21. The molecular formula is C16H24N2O2. The quantitative estimate of drug-likeness (QED) is 0.785. The molecule has 4 nitrogen and oxygen atoms in total. The van der Waals surface area contributed by atoms with Crippen LogP contribution < -0.4 is 10.6 Å². The van der Waals surface area contributed by atoms with Crippen LogP contribution in [-0.4, -0.2) is 31.7 Å². The maximum Gasteiger partial charge on any atom is 0.227 e. The number of para-hydroxylation sites is 1. The summed E-state index contributed by atoms with van der Waals surface area (Å²) < 4.78 is 5.27. The predicted molar refractivity (Wildman–Crippen MR) is 81.0 cm³/mol. The minimum atomic E-state index is -0.0467. The molecular weight excluding hydrogens is 252 g/mol. The molecule has 0 fully saturated rings. The molecule has 1 aliphatic heterocycles. The monoisotopic (exact) mass is 276 g/mol. The van der Waals surface area contributed by atoms with Gasteiger partial charge in [0.1, 0.15) is 0 Å². The number of carbonyl (C=O) groups is 1. The highest BCUT2D eigenvalue weighted by atomic mass is 16.5. The predicted octanol–water partition coefficient (Wildman–Crippen LogP) is 2.52. The van der Waals surface area contributed by atoms with E-state index in [1.165, 1.54) is 0 Å². The molecule has 2 atom stereocenters. The summed E-state index contributed by atoms with van der Waals surface area (Å²) in [5, 5.41) is 6.45. The molecule has 0 aliphatic carbocycles. The van der Waals surface area contributed by atoms with Gasteiger partial charge in [0.25, 0.3) is 0 Å². The fourth-order valence-electron chi connectivity index (χ4n) is 2.64. The van der Waals surface area contributed by atoms with E-state index in [0.717, 1.165) is 30.7 Å². The highest BCUT2D eigenvalue weighted by molar-refractivity contribution is 5.86. The lowest BCUT2D eigenvalue weighted by Gasteiger charge is -2.30. The van der Waals surface area contributed by atoms with Crippen molar-refractivity contribution < 1.29 is 9.53 Å². The van der Waals surface area contributed by atoms with Gasteiger partial charge in [0.05, 0.1) is 5.92 Å². The number of anilines is 1. The molecule has 20 heavy (non-hydrogen) atoms. The molecule has 1 amide bonds. The zero-order valence-electron chi connectivity index (χ0n) is 12.3. The molecule has 1 heterocycles. The number of hydrogen-bond donors (Lipinski definition) is 2. The Labute approximate surface area is 120 Å². The Balaban J connectivity index is 1.93. The van der Waals surface area contributed by atoms with Gasteiger partial charge in [0, 0.05) is 31.5 Å². The molecule has 0 aromatic heterocycles. The smallest absolute Gasteiger partial charge is 0.227 e. The minimum Gasteiger partial charge on any atom is -0.382 e. The molecule has 2 N–H and O–H groups in total. The summed E-state index contributed by atoms with van der Waals surface area (Å²) in [5.41, 5.74) is 2.19. The molecule has 1 aromatic rings. The molecule has 1 aliphatic rings. The number of carbonyl (C=O) groups excluding carboxylic acids is 1. The molecule has 2 unspecified atom stereocenters. The number of hydrogen-bond acceptors (Lipinski definition) is 3. The highest BCUT2D eigenvalue weighted by Gasteiger charge is 2.29. The first kappa shape index (κ1) is 14.9. The third kappa shape index (κ3) is 3.73. The molecule has 0 bridgehead atoms. The number of benzene rings is 1. The van der Waals surface area contributed by atoms with E-state index < -0.39 is 0 Å². The van der Waals surface area contributed by atoms with Crippen molar-refractivity contribution in [2.75, 3.05) is 25.1 Å². The van der Waals surface area contributed by atoms with Crippen LogP contribution in [0, 0.1) is 0 Å². The Morgan fingerprint density at radius 2 is 2.25 bits per heavy atom. The average Bonchev–Trinajstić information content (AvgIpc) is 2.46. The van der Waals surface area contributed by atoms with Crippen LogP contribution in [0.4, 0.5) is 5.69 Å². The van der Waals surface area contributed by atoms with E-state index >= 15 is 0 Å². The van der Waals surface area contributed by atoms with Gasteiger partial charge in [0.2, 0.25) is 5.91 Å². The second-order valence-corrected chi connectivity index (χ2v) is 5.26. The van der Waals surface area contributed by atoms with Gasteiger partial charge in [-0.1, -0.05) is 18.2 Å². The van der Waals surface area contributed by atoms with E-state index in [0.29, 0.717) is 19.2 Å². The number of nitrogens with one attached hydrogen (secondary N) is 2. The average molecular weight is 276 g/mol. The van der Waals surface area contributed by atoms with Crippen LogP contribution in [0.1, 0.15) is 38.2 Å². The molecule has 0 saturated carbocycles. The number of ether oxygens (including phenoxy) is 1. The van der Waals surface area contributed by atoms with Crippen molar-refractivity contribution in [2.24, 2.45) is 0 Å². The first-order chi connectivity index (χ1) is 9.72. The molecule has 4 heteroatoms. The largest absolute Gasteiger partial charge is 0.382 e. The maximum atomic E-state index is 12.4. The summed E-state index contributed by atoms with van der Waals surface area (Å²) in [6, 6.07) is 8.40. The normalized spacial score (nSPS) is 20.9. The van der Waals surface area contributed by atoms with Crippen LogP contribution >= 0.6 is 0 Å². The standard InChI is InChI=1S/C16H24N2O2/c1-3-20-10-6-9-17-16(19)14-11-12(2)18-15-8-5-4-7-13(14)15/h4-5,7-8,12,14,18H,3,6,9-11H2,1-2H3,(H,17,19). The van der Waals surface area contributed by atoms with Gasteiger partial charge in [-0.3, -0.25) is 4.79 Å². The van der Waals surface area contributed by atoms with Crippen LogP contribution in [-0.2, 0) is 9.53 Å². The lowest BCUT2D eigenvalue weighted by molar-refractivity contribution is -0.122. The lowest BCUT2D eigenvalue weighted by Crippen LogP contribution is -2.36. The summed E-state index contributed by atoms with van der Waals surface area (Å²) in [6.07, 6.45) is 1.70. The molecule has 2 rings (SSSR count). The Morgan fingerprint density at radius 3 is 3.05 bits per heavy atom. The second kappa shape index (κ2) is 7.29. The van der Waals surface area contributed by atoms with Crippen LogP contribution in [0.15, 0.2) is 24.3 Å². The number of fused-ring (bicyclic) bond motifs is 1. The van der Waals surface area contributed by atoms with Gasteiger partial charge in [-0.25, -0.2) is 0 Å². The third-order valence-electron chi connectivity index (χ3n) is 3.61. The lowest BCUT2D eigenvalue weighted by atomic mass is 9.87. The molecule has 0 radical (unpaired) electrons. The van der Waals surface area contributed by atoms with Gasteiger partial charge < -0.3 is 15.4 Å².